The van der Waals surface area contributed by atoms with Gasteiger partial charge < -0.3 is 19.7 Å². The number of hydrogen-bond donors (Lipinski definition) is 1. The summed E-state index contributed by atoms with van der Waals surface area (Å²) in [6.45, 7) is 8.21. The molecule has 1 heterocycles. The van der Waals surface area contributed by atoms with Gasteiger partial charge in [0.15, 0.2) is 5.96 Å². The van der Waals surface area contributed by atoms with Gasteiger partial charge in [-0.2, -0.15) is 0 Å². The second-order valence-electron chi connectivity index (χ2n) is 6.15. The number of nitrogens with one attached hydrogen (secondary N) is 1. The zero-order valence-electron chi connectivity index (χ0n) is 15.2. The van der Waals surface area contributed by atoms with Gasteiger partial charge in [-0.25, -0.2) is 0 Å². The lowest BCUT2D eigenvalue weighted by atomic mass is 10.1. The van der Waals surface area contributed by atoms with Crippen LogP contribution in [0.4, 0.5) is 0 Å². The smallest absolute Gasteiger partial charge is 0.193 e. The SMILES string of the molecule is CN=C(NCCOc1c(C)cccc1C)N(C)CC1CCOC1.I. The molecule has 0 bridgehead atoms. The Hall–Kier alpha value is -1.02. The lowest BCUT2D eigenvalue weighted by molar-refractivity contribution is 0.181. The van der Waals surface area contributed by atoms with Crippen LogP contribution >= 0.6 is 24.0 Å². The lowest BCUT2D eigenvalue weighted by Gasteiger charge is -2.24. The summed E-state index contributed by atoms with van der Waals surface area (Å²) < 4.78 is 11.4. The normalized spacial score (nSPS) is 17.3. The Kier molecular flexibility index (Phi) is 9.43. The molecule has 136 valence electrons. The van der Waals surface area contributed by atoms with Crippen molar-refractivity contribution in [1.29, 1.82) is 0 Å². The Bertz CT molecular complexity index is 511. The minimum Gasteiger partial charge on any atom is -0.491 e. The predicted molar refractivity (Wildman–Crippen MR) is 110 cm³/mol. The zero-order valence-corrected chi connectivity index (χ0v) is 17.5. The monoisotopic (exact) mass is 447 g/mol. The molecule has 1 aliphatic rings. The molecule has 0 amide bonds. The third-order valence-corrected chi connectivity index (χ3v) is 4.17. The van der Waals surface area contributed by atoms with Gasteiger partial charge in [0.1, 0.15) is 12.4 Å². The van der Waals surface area contributed by atoms with Gasteiger partial charge in [-0.1, -0.05) is 18.2 Å². The highest BCUT2D eigenvalue weighted by atomic mass is 127. The van der Waals surface area contributed by atoms with Crippen molar-refractivity contribution in [2.24, 2.45) is 10.9 Å². The van der Waals surface area contributed by atoms with Gasteiger partial charge in [0.25, 0.3) is 0 Å². The first-order valence-corrected chi connectivity index (χ1v) is 8.30. The van der Waals surface area contributed by atoms with Crippen LogP contribution in [0.25, 0.3) is 0 Å². The van der Waals surface area contributed by atoms with E-state index in [4.69, 9.17) is 9.47 Å². The number of ether oxygens (including phenoxy) is 2. The maximum atomic E-state index is 5.92. The molecule has 1 aromatic carbocycles. The van der Waals surface area contributed by atoms with Crippen LogP contribution in [0, 0.1) is 19.8 Å². The molecular weight excluding hydrogens is 417 g/mol. The number of rotatable bonds is 6. The Morgan fingerprint density at radius 1 is 1.38 bits per heavy atom. The third kappa shape index (κ3) is 6.12. The second-order valence-corrected chi connectivity index (χ2v) is 6.15. The zero-order chi connectivity index (χ0) is 16.7. The van der Waals surface area contributed by atoms with E-state index in [9.17, 15) is 0 Å². The minimum atomic E-state index is 0. The maximum Gasteiger partial charge on any atom is 0.193 e. The average molecular weight is 447 g/mol. The van der Waals surface area contributed by atoms with E-state index < -0.39 is 0 Å². The van der Waals surface area contributed by atoms with Gasteiger partial charge in [-0.05, 0) is 31.4 Å². The van der Waals surface area contributed by atoms with Gasteiger partial charge >= 0.3 is 0 Å². The van der Waals surface area contributed by atoms with E-state index in [1.807, 2.05) is 7.05 Å². The highest BCUT2D eigenvalue weighted by Gasteiger charge is 2.18. The first kappa shape index (κ1) is 21.0. The van der Waals surface area contributed by atoms with Crippen LogP contribution in [-0.4, -0.2) is 57.9 Å². The Balaban J connectivity index is 0.00000288. The molecule has 1 aliphatic heterocycles. The number of guanidine groups is 1. The van der Waals surface area contributed by atoms with Crippen LogP contribution in [0.1, 0.15) is 17.5 Å². The molecule has 0 aliphatic carbocycles. The van der Waals surface area contributed by atoms with Crippen LogP contribution in [0.15, 0.2) is 23.2 Å². The fraction of sp³-hybridized carbons (Fsp3) is 0.611. The van der Waals surface area contributed by atoms with Crippen molar-refractivity contribution in [3.05, 3.63) is 29.3 Å². The summed E-state index contributed by atoms with van der Waals surface area (Å²) in [4.78, 5) is 6.51. The van der Waals surface area contributed by atoms with Gasteiger partial charge in [0.2, 0.25) is 0 Å². The molecule has 24 heavy (non-hydrogen) atoms. The predicted octanol–water partition coefficient (Wildman–Crippen LogP) is 2.84. The molecule has 0 saturated carbocycles. The molecule has 1 aromatic rings. The van der Waals surface area contributed by atoms with Crippen LogP contribution in [0.3, 0.4) is 0 Å². The van der Waals surface area contributed by atoms with Crippen molar-refractivity contribution in [3.63, 3.8) is 0 Å². The molecule has 1 unspecified atom stereocenters. The number of halogens is 1. The standard InChI is InChI=1S/C18H29N3O2.HI/c1-14-6-5-7-15(2)17(14)23-11-9-20-18(19-3)21(4)12-16-8-10-22-13-16;/h5-7,16H,8-13H2,1-4H3,(H,19,20);1H. The molecule has 0 radical (unpaired) electrons. The van der Waals surface area contributed by atoms with Crippen molar-refractivity contribution in [2.45, 2.75) is 20.3 Å². The van der Waals surface area contributed by atoms with E-state index >= 15 is 0 Å². The molecule has 0 aromatic heterocycles. The highest BCUT2D eigenvalue weighted by molar-refractivity contribution is 14.0. The van der Waals surface area contributed by atoms with E-state index in [-0.39, 0.29) is 24.0 Å². The Labute approximate surface area is 162 Å². The molecule has 2 rings (SSSR count). The van der Waals surface area contributed by atoms with Crippen LogP contribution < -0.4 is 10.1 Å². The number of hydrogen-bond acceptors (Lipinski definition) is 3. The summed E-state index contributed by atoms with van der Waals surface area (Å²) in [5, 5.41) is 3.36. The van der Waals surface area contributed by atoms with Crippen molar-refractivity contribution >= 4 is 29.9 Å². The summed E-state index contributed by atoms with van der Waals surface area (Å²) in [6, 6.07) is 6.21. The maximum absolute atomic E-state index is 5.92. The molecule has 6 heteroatoms. The van der Waals surface area contributed by atoms with Crippen LogP contribution in [-0.2, 0) is 4.74 Å². The van der Waals surface area contributed by atoms with Crippen LogP contribution in [0.5, 0.6) is 5.75 Å². The van der Waals surface area contributed by atoms with Crippen LogP contribution in [0.2, 0.25) is 0 Å². The first-order chi connectivity index (χ1) is 11.1. The molecule has 1 saturated heterocycles. The average Bonchev–Trinajstić information content (AvgIpc) is 3.02. The van der Waals surface area contributed by atoms with Crippen molar-refractivity contribution in [2.75, 3.05) is 47.0 Å². The quantitative estimate of drug-likeness (QED) is 0.315. The highest BCUT2D eigenvalue weighted by Crippen LogP contribution is 2.21. The van der Waals surface area contributed by atoms with Crippen molar-refractivity contribution < 1.29 is 9.47 Å². The number of benzene rings is 1. The third-order valence-electron chi connectivity index (χ3n) is 4.17. The van der Waals surface area contributed by atoms with E-state index in [2.05, 4.69) is 54.3 Å². The van der Waals surface area contributed by atoms with Gasteiger partial charge in [0.05, 0.1) is 13.2 Å². The van der Waals surface area contributed by atoms with Crippen molar-refractivity contribution in [3.8, 4) is 5.75 Å². The first-order valence-electron chi connectivity index (χ1n) is 8.30. The summed E-state index contributed by atoms with van der Waals surface area (Å²) in [5.41, 5.74) is 2.35. The summed E-state index contributed by atoms with van der Waals surface area (Å²) in [7, 11) is 3.89. The van der Waals surface area contributed by atoms with Gasteiger partial charge in [-0.3, -0.25) is 4.99 Å². The molecule has 5 nitrogen and oxygen atoms in total. The number of nitrogens with zero attached hydrogens (tertiary/aromatic N) is 2. The molecule has 1 atom stereocenters. The fourth-order valence-corrected chi connectivity index (χ4v) is 2.93. The minimum absolute atomic E-state index is 0. The van der Waals surface area contributed by atoms with E-state index in [0.717, 1.165) is 44.4 Å². The fourth-order valence-electron chi connectivity index (χ4n) is 2.93. The van der Waals surface area contributed by atoms with E-state index in [1.165, 1.54) is 11.1 Å². The molecular formula is C18H30IN3O2. The summed E-state index contributed by atoms with van der Waals surface area (Å²) in [5.74, 6) is 2.49. The van der Waals surface area contributed by atoms with Gasteiger partial charge in [-0.15, -0.1) is 24.0 Å². The number of aliphatic imine (C=N–C) groups is 1. The largest absolute Gasteiger partial charge is 0.491 e. The second kappa shape index (κ2) is 10.8. The molecule has 0 spiro atoms. The number of para-hydroxylation sites is 1. The molecule has 1 fully saturated rings. The Morgan fingerprint density at radius 3 is 2.67 bits per heavy atom. The Morgan fingerprint density at radius 2 is 2.08 bits per heavy atom. The summed E-state index contributed by atoms with van der Waals surface area (Å²) >= 11 is 0. The van der Waals surface area contributed by atoms with Crippen molar-refractivity contribution in [1.82, 2.24) is 10.2 Å². The van der Waals surface area contributed by atoms with E-state index in [1.54, 1.807) is 0 Å². The topological polar surface area (TPSA) is 46.1 Å². The number of aryl methyl sites for hydroxylation is 2. The van der Waals surface area contributed by atoms with Gasteiger partial charge in [0, 0.05) is 33.2 Å². The molecule has 1 N–H and O–H groups in total. The summed E-state index contributed by atoms with van der Waals surface area (Å²) in [6.07, 6.45) is 1.14. The lowest BCUT2D eigenvalue weighted by Crippen LogP contribution is -2.42. The van der Waals surface area contributed by atoms with E-state index in [0.29, 0.717) is 12.5 Å².